The Morgan fingerprint density at radius 2 is 1.89 bits per heavy atom. The number of carbonyl (C=O) groups is 1. The molecule has 0 aliphatic rings. The lowest BCUT2D eigenvalue weighted by atomic mass is 10.3. The number of hydrogen-bond acceptors (Lipinski definition) is 5. The van der Waals surface area contributed by atoms with E-state index in [4.69, 9.17) is 0 Å². The van der Waals surface area contributed by atoms with Crippen LogP contribution in [0.4, 0.5) is 20.2 Å². The standard InChI is InChI=1S/C17H16F2N4O3S2/c1-28(25,26)22-12-6-4-5-11(9-12)20-15(24)10-23-14-8-3-2-7-13(14)21-17(23)27-16(18)19/h2-9,16,22H,10H2,1H3,(H,20,24). The van der Waals surface area contributed by atoms with E-state index in [0.717, 1.165) is 6.26 Å². The molecule has 0 saturated carbocycles. The average Bonchev–Trinajstić information content (AvgIpc) is 2.90. The second-order valence-electron chi connectivity index (χ2n) is 5.85. The molecule has 3 aromatic rings. The lowest BCUT2D eigenvalue weighted by molar-refractivity contribution is -0.116. The van der Waals surface area contributed by atoms with Gasteiger partial charge in [0.15, 0.2) is 5.16 Å². The molecular weight excluding hydrogens is 410 g/mol. The van der Waals surface area contributed by atoms with Crippen LogP contribution in [0.1, 0.15) is 0 Å². The second kappa shape index (κ2) is 8.15. The summed E-state index contributed by atoms with van der Waals surface area (Å²) in [4.78, 5) is 16.6. The third kappa shape index (κ3) is 5.20. The predicted octanol–water partition coefficient (Wildman–Crippen LogP) is 3.36. The first-order chi connectivity index (χ1) is 13.2. The number of nitrogens with zero attached hydrogens (tertiary/aromatic N) is 2. The number of nitrogens with one attached hydrogen (secondary N) is 2. The monoisotopic (exact) mass is 426 g/mol. The zero-order valence-electron chi connectivity index (χ0n) is 14.6. The Morgan fingerprint density at radius 3 is 2.61 bits per heavy atom. The van der Waals surface area contributed by atoms with Crippen molar-refractivity contribution in [2.75, 3.05) is 16.3 Å². The van der Waals surface area contributed by atoms with Crippen molar-refractivity contribution in [2.24, 2.45) is 0 Å². The number of carbonyl (C=O) groups excluding carboxylic acids is 1. The maximum Gasteiger partial charge on any atom is 0.291 e. The van der Waals surface area contributed by atoms with Gasteiger partial charge in [-0.15, -0.1) is 0 Å². The van der Waals surface area contributed by atoms with Crippen LogP contribution in [0.3, 0.4) is 0 Å². The van der Waals surface area contributed by atoms with Crippen LogP contribution in [0.15, 0.2) is 53.7 Å². The van der Waals surface area contributed by atoms with Gasteiger partial charge in [-0.3, -0.25) is 9.52 Å². The minimum atomic E-state index is -3.45. The zero-order valence-corrected chi connectivity index (χ0v) is 16.2. The van der Waals surface area contributed by atoms with E-state index in [1.165, 1.54) is 16.7 Å². The summed E-state index contributed by atoms with van der Waals surface area (Å²) < 4.78 is 52.1. The smallest absolute Gasteiger partial charge is 0.291 e. The number of aromatic nitrogens is 2. The van der Waals surface area contributed by atoms with Crippen molar-refractivity contribution in [3.8, 4) is 0 Å². The first kappa shape index (κ1) is 20.1. The van der Waals surface area contributed by atoms with E-state index >= 15 is 0 Å². The highest BCUT2D eigenvalue weighted by molar-refractivity contribution is 7.99. The number of thioether (sulfide) groups is 1. The van der Waals surface area contributed by atoms with Crippen molar-refractivity contribution in [3.63, 3.8) is 0 Å². The summed E-state index contributed by atoms with van der Waals surface area (Å²) in [5.41, 5.74) is 1.74. The summed E-state index contributed by atoms with van der Waals surface area (Å²) in [6.45, 7) is -0.223. The Labute approximate surface area is 164 Å². The van der Waals surface area contributed by atoms with E-state index in [-0.39, 0.29) is 23.5 Å². The highest BCUT2D eigenvalue weighted by Crippen LogP contribution is 2.28. The number of hydrogen-bond donors (Lipinski definition) is 2. The minimum absolute atomic E-state index is 0.0406. The molecule has 2 aromatic carbocycles. The van der Waals surface area contributed by atoms with Crippen LogP contribution in [-0.2, 0) is 21.4 Å². The van der Waals surface area contributed by atoms with Crippen LogP contribution in [0.5, 0.6) is 0 Å². The number of amides is 1. The van der Waals surface area contributed by atoms with Crippen LogP contribution in [0.25, 0.3) is 11.0 Å². The van der Waals surface area contributed by atoms with E-state index in [1.54, 1.807) is 36.4 Å². The van der Waals surface area contributed by atoms with Crippen LogP contribution in [0, 0.1) is 0 Å². The van der Waals surface area contributed by atoms with E-state index in [2.05, 4.69) is 15.0 Å². The summed E-state index contributed by atoms with van der Waals surface area (Å²) in [6, 6.07) is 13.0. The summed E-state index contributed by atoms with van der Waals surface area (Å²) in [5, 5.41) is 2.67. The molecule has 11 heteroatoms. The van der Waals surface area contributed by atoms with Crippen molar-refractivity contribution in [1.29, 1.82) is 0 Å². The quantitative estimate of drug-likeness (QED) is 0.565. The fraction of sp³-hybridized carbons (Fsp3) is 0.176. The van der Waals surface area contributed by atoms with Gasteiger partial charge < -0.3 is 9.88 Å². The summed E-state index contributed by atoms with van der Waals surface area (Å²) in [6.07, 6.45) is 1.02. The van der Waals surface area contributed by atoms with Gasteiger partial charge in [-0.05, 0) is 42.1 Å². The van der Waals surface area contributed by atoms with Crippen molar-refractivity contribution in [2.45, 2.75) is 17.5 Å². The zero-order chi connectivity index (χ0) is 20.3. The maximum absolute atomic E-state index is 12.8. The normalized spacial score (nSPS) is 11.7. The molecule has 3 rings (SSSR count). The van der Waals surface area contributed by atoms with Gasteiger partial charge in [-0.1, -0.05) is 18.2 Å². The van der Waals surface area contributed by atoms with Crippen molar-refractivity contribution in [1.82, 2.24) is 9.55 Å². The molecule has 0 saturated heterocycles. The van der Waals surface area contributed by atoms with Gasteiger partial charge in [0.2, 0.25) is 15.9 Å². The van der Waals surface area contributed by atoms with E-state index in [1.807, 2.05) is 0 Å². The molecule has 0 atom stereocenters. The summed E-state index contributed by atoms with van der Waals surface area (Å²) >= 11 is 0.270. The molecule has 0 radical (unpaired) electrons. The molecule has 1 amide bonds. The maximum atomic E-state index is 12.8. The molecule has 0 unspecified atom stereocenters. The number of imidazole rings is 1. The summed E-state index contributed by atoms with van der Waals surface area (Å²) in [7, 11) is -3.45. The SMILES string of the molecule is CS(=O)(=O)Nc1cccc(NC(=O)Cn2c(SC(F)F)nc3ccccc32)c1. The van der Waals surface area contributed by atoms with Crippen molar-refractivity contribution >= 4 is 50.1 Å². The number of fused-ring (bicyclic) bond motifs is 1. The Morgan fingerprint density at radius 1 is 1.18 bits per heavy atom. The number of para-hydroxylation sites is 2. The van der Waals surface area contributed by atoms with Crippen LogP contribution < -0.4 is 10.0 Å². The molecule has 1 aromatic heterocycles. The third-order valence-corrected chi connectivity index (χ3v) is 4.87. The van der Waals surface area contributed by atoms with Gasteiger partial charge >= 0.3 is 0 Å². The van der Waals surface area contributed by atoms with E-state index in [9.17, 15) is 22.0 Å². The molecule has 0 bridgehead atoms. The number of sulfonamides is 1. The number of rotatable bonds is 7. The van der Waals surface area contributed by atoms with Gasteiger partial charge in [0.1, 0.15) is 6.54 Å². The molecule has 0 aliphatic carbocycles. The Bertz CT molecular complexity index is 1120. The highest BCUT2D eigenvalue weighted by Gasteiger charge is 2.18. The Balaban J connectivity index is 1.81. The van der Waals surface area contributed by atoms with E-state index in [0.29, 0.717) is 22.4 Å². The number of benzene rings is 2. The van der Waals surface area contributed by atoms with Crippen molar-refractivity contribution in [3.05, 3.63) is 48.5 Å². The Hall–Kier alpha value is -2.66. The lowest BCUT2D eigenvalue weighted by Crippen LogP contribution is -2.19. The molecule has 148 valence electrons. The molecule has 1 heterocycles. The van der Waals surface area contributed by atoms with Gasteiger partial charge in [0.25, 0.3) is 5.76 Å². The molecule has 2 N–H and O–H groups in total. The fourth-order valence-corrected chi connectivity index (χ4v) is 3.75. The van der Waals surface area contributed by atoms with Gasteiger partial charge in [-0.25, -0.2) is 13.4 Å². The number of halogens is 2. The molecule has 0 spiro atoms. The van der Waals surface area contributed by atoms with E-state index < -0.39 is 21.7 Å². The second-order valence-corrected chi connectivity index (χ2v) is 8.56. The van der Waals surface area contributed by atoms with Crippen LogP contribution >= 0.6 is 11.8 Å². The molecule has 0 fully saturated rings. The van der Waals surface area contributed by atoms with Crippen molar-refractivity contribution < 1.29 is 22.0 Å². The minimum Gasteiger partial charge on any atom is -0.324 e. The first-order valence-corrected chi connectivity index (χ1v) is 10.8. The Kier molecular flexibility index (Phi) is 5.84. The predicted molar refractivity (Wildman–Crippen MR) is 105 cm³/mol. The highest BCUT2D eigenvalue weighted by atomic mass is 32.2. The van der Waals surface area contributed by atoms with Gasteiger partial charge in [0.05, 0.1) is 23.0 Å². The fourth-order valence-electron chi connectivity index (χ4n) is 2.59. The van der Waals surface area contributed by atoms with Crippen LogP contribution in [-0.4, -0.2) is 35.9 Å². The molecule has 28 heavy (non-hydrogen) atoms. The largest absolute Gasteiger partial charge is 0.324 e. The number of anilines is 2. The van der Waals surface area contributed by atoms with Crippen LogP contribution in [0.2, 0.25) is 0 Å². The summed E-state index contributed by atoms with van der Waals surface area (Å²) in [5.74, 6) is -3.13. The molecule has 0 aliphatic heterocycles. The third-order valence-electron chi connectivity index (χ3n) is 3.57. The van der Waals surface area contributed by atoms with Gasteiger partial charge in [-0.2, -0.15) is 8.78 Å². The first-order valence-electron chi connectivity index (χ1n) is 7.99. The molecule has 7 nitrogen and oxygen atoms in total. The average molecular weight is 426 g/mol. The lowest BCUT2D eigenvalue weighted by Gasteiger charge is -2.11. The number of alkyl halides is 2. The topological polar surface area (TPSA) is 93.1 Å². The van der Waals surface area contributed by atoms with Gasteiger partial charge in [0, 0.05) is 5.69 Å². The molecular formula is C17H16F2N4O3S2.